The molecule has 20 heavy (non-hydrogen) atoms. The number of aliphatic imine (C=N–C) groups is 1. The van der Waals surface area contributed by atoms with Crippen LogP contribution in [0.4, 0.5) is 0 Å². The number of pyridine rings is 1. The van der Waals surface area contributed by atoms with Gasteiger partial charge in [-0.1, -0.05) is 18.2 Å². The number of nitrogens with zero attached hydrogens (tertiary/aromatic N) is 2. The van der Waals surface area contributed by atoms with Gasteiger partial charge in [0.15, 0.2) is 0 Å². The first-order valence-corrected chi connectivity index (χ1v) is 6.85. The van der Waals surface area contributed by atoms with Crippen LogP contribution >= 0.6 is 0 Å². The molecule has 2 aromatic rings. The molecule has 1 aromatic carbocycles. The van der Waals surface area contributed by atoms with Gasteiger partial charge in [-0.15, -0.1) is 0 Å². The van der Waals surface area contributed by atoms with Crippen LogP contribution in [0.2, 0.25) is 0 Å². The van der Waals surface area contributed by atoms with Crippen molar-refractivity contribution in [3.05, 3.63) is 64.5 Å². The summed E-state index contributed by atoms with van der Waals surface area (Å²) >= 11 is 0. The molecular formula is C17H18N2O. The molecule has 0 N–H and O–H groups in total. The minimum absolute atomic E-state index is 0.0753. The van der Waals surface area contributed by atoms with Gasteiger partial charge in [0.25, 0.3) is 0 Å². The van der Waals surface area contributed by atoms with Crippen LogP contribution in [0, 0.1) is 20.8 Å². The Balaban J connectivity index is 1.94. The Hall–Kier alpha value is -2.16. The first-order chi connectivity index (χ1) is 9.66. The normalized spacial score (nSPS) is 17.8. The Kier molecular flexibility index (Phi) is 3.26. The van der Waals surface area contributed by atoms with E-state index in [4.69, 9.17) is 9.73 Å². The second-order valence-corrected chi connectivity index (χ2v) is 5.20. The molecule has 0 fully saturated rings. The molecule has 0 spiro atoms. The molecule has 0 amide bonds. The van der Waals surface area contributed by atoms with Crippen molar-refractivity contribution >= 4 is 5.90 Å². The SMILES string of the molecule is Cc1ccc(C2COC(c3ccccn3)=N2)c(C)c1C. The van der Waals surface area contributed by atoms with Gasteiger partial charge in [0.2, 0.25) is 5.90 Å². The predicted molar refractivity (Wildman–Crippen MR) is 80.1 cm³/mol. The summed E-state index contributed by atoms with van der Waals surface area (Å²) in [6.07, 6.45) is 1.76. The molecule has 0 saturated heterocycles. The predicted octanol–water partition coefficient (Wildman–Crippen LogP) is 3.52. The summed E-state index contributed by atoms with van der Waals surface area (Å²) in [5.74, 6) is 0.647. The highest BCUT2D eigenvalue weighted by atomic mass is 16.5. The second-order valence-electron chi connectivity index (χ2n) is 5.20. The van der Waals surface area contributed by atoms with Crippen LogP contribution in [0.15, 0.2) is 41.5 Å². The average molecular weight is 266 g/mol. The molecule has 1 atom stereocenters. The van der Waals surface area contributed by atoms with Gasteiger partial charge in [-0.25, -0.2) is 4.99 Å². The zero-order chi connectivity index (χ0) is 14.1. The Morgan fingerprint density at radius 1 is 1.05 bits per heavy atom. The Morgan fingerprint density at radius 2 is 1.90 bits per heavy atom. The van der Waals surface area contributed by atoms with E-state index in [1.165, 1.54) is 22.3 Å². The van der Waals surface area contributed by atoms with Gasteiger partial charge in [-0.05, 0) is 55.2 Å². The molecule has 3 rings (SSSR count). The maximum atomic E-state index is 5.72. The van der Waals surface area contributed by atoms with E-state index in [1.54, 1.807) is 6.20 Å². The minimum Gasteiger partial charge on any atom is -0.474 e. The van der Waals surface area contributed by atoms with Crippen molar-refractivity contribution in [2.75, 3.05) is 6.61 Å². The number of rotatable bonds is 2. The highest BCUT2D eigenvalue weighted by Gasteiger charge is 2.24. The number of hydrogen-bond acceptors (Lipinski definition) is 3. The van der Waals surface area contributed by atoms with Crippen LogP contribution in [-0.2, 0) is 4.74 Å². The van der Waals surface area contributed by atoms with E-state index in [0.717, 1.165) is 5.69 Å². The molecule has 102 valence electrons. The van der Waals surface area contributed by atoms with E-state index in [0.29, 0.717) is 12.5 Å². The summed E-state index contributed by atoms with van der Waals surface area (Å²) in [7, 11) is 0. The topological polar surface area (TPSA) is 34.5 Å². The molecule has 2 heterocycles. The van der Waals surface area contributed by atoms with Crippen molar-refractivity contribution in [1.29, 1.82) is 0 Å². The number of benzene rings is 1. The lowest BCUT2D eigenvalue weighted by molar-refractivity contribution is 0.318. The zero-order valence-electron chi connectivity index (χ0n) is 12.1. The maximum absolute atomic E-state index is 5.72. The monoisotopic (exact) mass is 266 g/mol. The summed E-state index contributed by atoms with van der Waals surface area (Å²) in [5.41, 5.74) is 6.02. The molecule has 0 bridgehead atoms. The molecule has 1 aliphatic rings. The molecule has 1 aromatic heterocycles. The fourth-order valence-corrected chi connectivity index (χ4v) is 2.50. The highest BCUT2D eigenvalue weighted by molar-refractivity contribution is 5.93. The summed E-state index contributed by atoms with van der Waals surface area (Å²) in [6, 6.07) is 10.2. The van der Waals surface area contributed by atoms with E-state index in [2.05, 4.69) is 37.9 Å². The van der Waals surface area contributed by atoms with Crippen LogP contribution in [0.1, 0.15) is 34.0 Å². The van der Waals surface area contributed by atoms with Gasteiger partial charge in [-0.2, -0.15) is 0 Å². The van der Waals surface area contributed by atoms with Gasteiger partial charge < -0.3 is 4.74 Å². The molecule has 0 saturated carbocycles. The smallest absolute Gasteiger partial charge is 0.236 e. The van der Waals surface area contributed by atoms with Gasteiger partial charge in [0, 0.05) is 6.20 Å². The van der Waals surface area contributed by atoms with E-state index in [-0.39, 0.29) is 6.04 Å². The summed E-state index contributed by atoms with van der Waals surface area (Å²) in [5, 5.41) is 0. The quantitative estimate of drug-likeness (QED) is 0.833. The van der Waals surface area contributed by atoms with E-state index < -0.39 is 0 Å². The van der Waals surface area contributed by atoms with E-state index in [9.17, 15) is 0 Å². The number of aromatic nitrogens is 1. The van der Waals surface area contributed by atoms with Crippen LogP contribution in [0.5, 0.6) is 0 Å². The van der Waals surface area contributed by atoms with Gasteiger partial charge in [0.1, 0.15) is 18.3 Å². The van der Waals surface area contributed by atoms with Crippen LogP contribution in [-0.4, -0.2) is 17.5 Å². The van der Waals surface area contributed by atoms with E-state index >= 15 is 0 Å². The van der Waals surface area contributed by atoms with Crippen LogP contribution in [0.3, 0.4) is 0 Å². The standard InChI is InChI=1S/C17H18N2O/c1-11-7-8-14(13(3)12(11)2)16-10-20-17(19-16)15-6-4-5-9-18-15/h4-9,16H,10H2,1-3H3. The molecule has 1 aliphatic heterocycles. The summed E-state index contributed by atoms with van der Waals surface area (Å²) in [4.78, 5) is 8.98. The fourth-order valence-electron chi connectivity index (χ4n) is 2.50. The lowest BCUT2D eigenvalue weighted by Crippen LogP contribution is -2.04. The van der Waals surface area contributed by atoms with Crippen molar-refractivity contribution in [3.63, 3.8) is 0 Å². The largest absolute Gasteiger partial charge is 0.474 e. The first kappa shape index (κ1) is 12.9. The van der Waals surface area contributed by atoms with Crippen molar-refractivity contribution in [1.82, 2.24) is 4.98 Å². The Bertz CT molecular complexity index is 662. The van der Waals surface area contributed by atoms with Crippen LogP contribution < -0.4 is 0 Å². The fraction of sp³-hybridized carbons (Fsp3) is 0.294. The zero-order valence-corrected chi connectivity index (χ0v) is 12.1. The van der Waals surface area contributed by atoms with Crippen molar-refractivity contribution < 1.29 is 4.74 Å². The van der Waals surface area contributed by atoms with Crippen molar-refractivity contribution in [2.45, 2.75) is 26.8 Å². The third kappa shape index (κ3) is 2.20. The lowest BCUT2D eigenvalue weighted by atomic mass is 9.95. The van der Waals surface area contributed by atoms with Crippen LogP contribution in [0.25, 0.3) is 0 Å². The molecule has 3 heteroatoms. The lowest BCUT2D eigenvalue weighted by Gasteiger charge is -2.13. The summed E-state index contributed by atoms with van der Waals surface area (Å²) < 4.78 is 5.72. The van der Waals surface area contributed by atoms with Crippen molar-refractivity contribution in [3.8, 4) is 0 Å². The third-order valence-corrected chi connectivity index (χ3v) is 3.99. The van der Waals surface area contributed by atoms with E-state index in [1.807, 2.05) is 18.2 Å². The number of ether oxygens (including phenoxy) is 1. The molecular weight excluding hydrogens is 248 g/mol. The van der Waals surface area contributed by atoms with Gasteiger partial charge in [-0.3, -0.25) is 4.98 Å². The van der Waals surface area contributed by atoms with Gasteiger partial charge >= 0.3 is 0 Å². The molecule has 3 nitrogen and oxygen atoms in total. The minimum atomic E-state index is 0.0753. The molecule has 0 radical (unpaired) electrons. The van der Waals surface area contributed by atoms with Gasteiger partial charge in [0.05, 0.1) is 0 Å². The number of hydrogen-bond donors (Lipinski definition) is 0. The summed E-state index contributed by atoms with van der Waals surface area (Å²) in [6.45, 7) is 7.05. The third-order valence-electron chi connectivity index (χ3n) is 3.99. The highest BCUT2D eigenvalue weighted by Crippen LogP contribution is 2.29. The Labute approximate surface area is 119 Å². The molecule has 0 aliphatic carbocycles. The molecule has 1 unspecified atom stereocenters. The second kappa shape index (κ2) is 5.08. The van der Waals surface area contributed by atoms with Crippen molar-refractivity contribution in [2.24, 2.45) is 4.99 Å². The Morgan fingerprint density at radius 3 is 2.65 bits per heavy atom. The first-order valence-electron chi connectivity index (χ1n) is 6.85. The average Bonchev–Trinajstić information content (AvgIpc) is 2.95. The maximum Gasteiger partial charge on any atom is 0.236 e. The number of aryl methyl sites for hydroxylation is 1.